The van der Waals surface area contributed by atoms with Gasteiger partial charge in [0.2, 0.25) is 5.91 Å². The molecule has 0 spiro atoms. The Morgan fingerprint density at radius 3 is 2.45 bits per heavy atom. The van der Waals surface area contributed by atoms with Gasteiger partial charge in [-0.2, -0.15) is 5.26 Å². The number of anilines is 2. The Hall–Kier alpha value is -4.68. The molecule has 1 aliphatic rings. The molecule has 8 nitrogen and oxygen atoms in total. The van der Waals surface area contributed by atoms with E-state index in [2.05, 4.69) is 22.0 Å². The summed E-state index contributed by atoms with van der Waals surface area (Å²) >= 11 is 1.20. The molecule has 1 atom stereocenters. The van der Waals surface area contributed by atoms with Crippen LogP contribution >= 0.6 is 11.8 Å². The summed E-state index contributed by atoms with van der Waals surface area (Å²) in [5.41, 5.74) is 3.25. The molecular formula is C31H30N4O4S. The zero-order chi connectivity index (χ0) is 28.5. The fourth-order valence-electron chi connectivity index (χ4n) is 4.40. The molecule has 1 heterocycles. The molecule has 0 aromatic heterocycles. The topological polar surface area (TPSA) is 112 Å². The third-order valence-corrected chi connectivity index (χ3v) is 7.17. The van der Waals surface area contributed by atoms with E-state index in [4.69, 9.17) is 9.47 Å². The summed E-state index contributed by atoms with van der Waals surface area (Å²) in [5.74, 6) is -0.0231. The summed E-state index contributed by atoms with van der Waals surface area (Å²) in [6.45, 7) is 4.10. The Bertz CT molecular complexity index is 1490. The lowest BCUT2D eigenvalue weighted by Gasteiger charge is -2.30. The summed E-state index contributed by atoms with van der Waals surface area (Å²) in [6.07, 6.45) is 0. The third kappa shape index (κ3) is 6.65. The number of benzene rings is 3. The van der Waals surface area contributed by atoms with E-state index in [0.717, 1.165) is 0 Å². The monoisotopic (exact) mass is 554 g/mol. The second-order valence-electron chi connectivity index (χ2n) is 8.81. The second-order valence-corrected chi connectivity index (χ2v) is 9.80. The molecule has 3 aromatic carbocycles. The summed E-state index contributed by atoms with van der Waals surface area (Å²) in [4.78, 5) is 26.5. The van der Waals surface area contributed by atoms with E-state index >= 15 is 0 Å². The first-order valence-electron chi connectivity index (χ1n) is 12.7. The number of nitriles is 1. The van der Waals surface area contributed by atoms with Crippen LogP contribution in [0.1, 0.15) is 25.3 Å². The zero-order valence-electron chi connectivity index (χ0n) is 22.5. The maximum atomic E-state index is 13.7. The van der Waals surface area contributed by atoms with E-state index in [0.29, 0.717) is 56.9 Å². The molecule has 3 N–H and O–H groups in total. The average Bonchev–Trinajstić information content (AvgIpc) is 2.96. The molecule has 0 saturated heterocycles. The highest BCUT2D eigenvalue weighted by Crippen LogP contribution is 2.44. The van der Waals surface area contributed by atoms with Crippen molar-refractivity contribution in [3.05, 3.63) is 106 Å². The number of ether oxygens (including phenoxy) is 2. The number of methoxy groups -OCH3 is 1. The number of carbonyl (C=O) groups excluding carboxylic acids is 2. The van der Waals surface area contributed by atoms with Gasteiger partial charge in [0.1, 0.15) is 11.5 Å². The molecule has 0 radical (unpaired) electrons. The first-order valence-corrected chi connectivity index (χ1v) is 13.7. The van der Waals surface area contributed by atoms with Crippen LogP contribution in [0.5, 0.6) is 11.5 Å². The number of nitrogens with zero attached hydrogens (tertiary/aromatic N) is 1. The van der Waals surface area contributed by atoms with Gasteiger partial charge in [0.05, 0.1) is 42.1 Å². The number of dihydropyridines is 1. The standard InChI is InChI=1S/C31H30N4O4S/c1-4-39-26-16-9-8-15-24(26)29-25(18-32)31(40-19-27(36)34-22-13-10-14-23(17-22)38-3)33-20(2)28(29)30(37)35-21-11-6-5-7-12-21/h5-17,29,33H,4,19H2,1-3H3,(H,34,36)(H,35,37)/t29-/m0/s1. The predicted octanol–water partition coefficient (Wildman–Crippen LogP) is 5.80. The highest BCUT2D eigenvalue weighted by Gasteiger charge is 2.36. The first kappa shape index (κ1) is 28.3. The minimum absolute atomic E-state index is 0.0450. The minimum Gasteiger partial charge on any atom is -0.497 e. The molecule has 0 saturated carbocycles. The lowest BCUT2D eigenvalue weighted by molar-refractivity contribution is -0.114. The molecule has 0 aliphatic carbocycles. The van der Waals surface area contributed by atoms with Crippen LogP contribution in [0.4, 0.5) is 11.4 Å². The Morgan fingerprint density at radius 1 is 1.00 bits per heavy atom. The predicted molar refractivity (Wildman–Crippen MR) is 158 cm³/mol. The molecule has 9 heteroatoms. The van der Waals surface area contributed by atoms with Crippen molar-refractivity contribution >= 4 is 35.0 Å². The van der Waals surface area contributed by atoms with Crippen molar-refractivity contribution in [1.29, 1.82) is 5.26 Å². The van der Waals surface area contributed by atoms with Crippen LogP contribution in [0.25, 0.3) is 0 Å². The molecule has 0 fully saturated rings. The van der Waals surface area contributed by atoms with E-state index < -0.39 is 5.92 Å². The van der Waals surface area contributed by atoms with Crippen molar-refractivity contribution in [3.63, 3.8) is 0 Å². The number of allylic oxidation sites excluding steroid dienone is 2. The minimum atomic E-state index is -0.707. The van der Waals surface area contributed by atoms with Crippen molar-refractivity contribution < 1.29 is 19.1 Å². The van der Waals surface area contributed by atoms with Gasteiger partial charge in [0.25, 0.3) is 5.91 Å². The smallest absolute Gasteiger partial charge is 0.254 e. The lowest BCUT2D eigenvalue weighted by Crippen LogP contribution is -2.31. The maximum Gasteiger partial charge on any atom is 0.254 e. The van der Waals surface area contributed by atoms with Gasteiger partial charge in [-0.1, -0.05) is 54.2 Å². The Balaban J connectivity index is 1.66. The molecule has 3 aromatic rings. The number of hydrogen-bond acceptors (Lipinski definition) is 7. The number of thioether (sulfide) groups is 1. The number of hydrogen-bond donors (Lipinski definition) is 3. The third-order valence-electron chi connectivity index (χ3n) is 6.15. The normalized spacial score (nSPS) is 14.6. The van der Waals surface area contributed by atoms with E-state index in [1.165, 1.54) is 11.8 Å². The fourth-order valence-corrected chi connectivity index (χ4v) is 5.29. The molecule has 204 valence electrons. The largest absolute Gasteiger partial charge is 0.497 e. The molecule has 0 bridgehead atoms. The van der Waals surface area contributed by atoms with Crippen LogP contribution in [0, 0.1) is 11.3 Å². The molecule has 4 rings (SSSR count). The summed E-state index contributed by atoms with van der Waals surface area (Å²) < 4.78 is 11.1. The number of amides is 2. The van der Waals surface area contributed by atoms with E-state index in [9.17, 15) is 14.9 Å². The molecule has 2 amide bonds. The maximum absolute atomic E-state index is 13.7. The SMILES string of the molecule is CCOc1ccccc1[C@H]1C(C#N)=C(SCC(=O)Nc2cccc(OC)c2)NC(C)=C1C(=O)Nc1ccccc1. The second kappa shape index (κ2) is 13.4. The lowest BCUT2D eigenvalue weighted by atomic mass is 9.81. The van der Waals surface area contributed by atoms with Gasteiger partial charge in [0.15, 0.2) is 0 Å². The van der Waals surface area contributed by atoms with Crippen molar-refractivity contribution in [2.45, 2.75) is 19.8 Å². The van der Waals surface area contributed by atoms with E-state index in [-0.39, 0.29) is 17.6 Å². The van der Waals surface area contributed by atoms with Crippen LogP contribution in [0.3, 0.4) is 0 Å². The number of rotatable bonds is 10. The van der Waals surface area contributed by atoms with Gasteiger partial charge in [-0.05, 0) is 44.2 Å². The highest BCUT2D eigenvalue weighted by molar-refractivity contribution is 8.03. The number of carbonyl (C=O) groups is 2. The van der Waals surface area contributed by atoms with Crippen LogP contribution in [0.2, 0.25) is 0 Å². The van der Waals surface area contributed by atoms with E-state index in [1.807, 2.05) is 49.4 Å². The Labute approximate surface area is 238 Å². The number of para-hydroxylation sites is 2. The van der Waals surface area contributed by atoms with Gasteiger partial charge >= 0.3 is 0 Å². The van der Waals surface area contributed by atoms with Crippen molar-refractivity contribution in [2.24, 2.45) is 0 Å². The van der Waals surface area contributed by atoms with Gasteiger partial charge in [-0.15, -0.1) is 0 Å². The van der Waals surface area contributed by atoms with Crippen LogP contribution in [0.15, 0.2) is 101 Å². The quantitative estimate of drug-likeness (QED) is 0.290. The molecule has 1 aliphatic heterocycles. The van der Waals surface area contributed by atoms with Crippen molar-refractivity contribution in [1.82, 2.24) is 5.32 Å². The van der Waals surface area contributed by atoms with Crippen LogP contribution in [-0.2, 0) is 9.59 Å². The summed E-state index contributed by atoms with van der Waals surface area (Å²) in [7, 11) is 1.56. The molecule has 40 heavy (non-hydrogen) atoms. The Morgan fingerprint density at radius 2 is 1.73 bits per heavy atom. The zero-order valence-corrected chi connectivity index (χ0v) is 23.3. The molecule has 0 unspecified atom stereocenters. The molecular weight excluding hydrogens is 524 g/mol. The van der Waals surface area contributed by atoms with Crippen LogP contribution < -0.4 is 25.4 Å². The van der Waals surface area contributed by atoms with Crippen molar-refractivity contribution in [3.8, 4) is 17.6 Å². The van der Waals surface area contributed by atoms with Gasteiger partial charge in [0, 0.05) is 34.3 Å². The van der Waals surface area contributed by atoms with Gasteiger partial charge in [-0.3, -0.25) is 9.59 Å². The van der Waals surface area contributed by atoms with Crippen molar-refractivity contribution in [2.75, 3.05) is 30.1 Å². The fraction of sp³-hybridized carbons (Fsp3) is 0.194. The summed E-state index contributed by atoms with van der Waals surface area (Å²) in [6, 6.07) is 25.9. The Kier molecular flexibility index (Phi) is 9.49. The van der Waals surface area contributed by atoms with Gasteiger partial charge < -0.3 is 25.4 Å². The summed E-state index contributed by atoms with van der Waals surface area (Å²) in [5, 5.41) is 19.9. The number of nitrogens with one attached hydrogen (secondary N) is 3. The van der Waals surface area contributed by atoms with E-state index in [1.54, 1.807) is 50.4 Å². The average molecular weight is 555 g/mol. The van der Waals surface area contributed by atoms with Crippen LogP contribution in [-0.4, -0.2) is 31.3 Å². The highest BCUT2D eigenvalue weighted by atomic mass is 32.2. The first-order chi connectivity index (χ1) is 19.4. The van der Waals surface area contributed by atoms with Gasteiger partial charge in [-0.25, -0.2) is 0 Å².